The highest BCUT2D eigenvalue weighted by Gasteiger charge is 2.10. The summed E-state index contributed by atoms with van der Waals surface area (Å²) in [6.45, 7) is 3.99. The molecule has 1 heterocycles. The summed E-state index contributed by atoms with van der Waals surface area (Å²) in [5.74, 6) is 0.603. The van der Waals surface area contributed by atoms with Gasteiger partial charge in [-0.1, -0.05) is 18.7 Å². The van der Waals surface area contributed by atoms with Crippen molar-refractivity contribution in [3.8, 4) is 17.2 Å². The van der Waals surface area contributed by atoms with Crippen LogP contribution >= 0.6 is 0 Å². The largest absolute Gasteiger partial charge is 0.490 e. The van der Waals surface area contributed by atoms with E-state index in [-0.39, 0.29) is 0 Å². The first-order valence-corrected chi connectivity index (χ1v) is 7.15. The smallest absolute Gasteiger partial charge is 0.343 e. The van der Waals surface area contributed by atoms with Crippen LogP contribution in [-0.2, 0) is 0 Å². The average Bonchev–Trinajstić information content (AvgIpc) is 3.15. The normalized spacial score (nSPS) is 10.2. The number of esters is 1. The van der Waals surface area contributed by atoms with Crippen LogP contribution in [0.3, 0.4) is 0 Å². The Kier molecular flexibility index (Phi) is 4.62. The first-order chi connectivity index (χ1) is 11.8. The number of benzene rings is 2. The third-order valence-electron chi connectivity index (χ3n) is 3.10. The molecular formula is C17H14N4O3. The maximum absolute atomic E-state index is 12.2. The van der Waals surface area contributed by atoms with E-state index >= 15 is 0 Å². The number of ether oxygens (including phenoxy) is 2. The molecule has 3 rings (SSSR count). The van der Waals surface area contributed by atoms with E-state index in [4.69, 9.17) is 9.47 Å². The van der Waals surface area contributed by atoms with E-state index < -0.39 is 5.97 Å². The first-order valence-electron chi connectivity index (χ1n) is 7.15. The van der Waals surface area contributed by atoms with Gasteiger partial charge in [0.1, 0.15) is 24.4 Å². The van der Waals surface area contributed by atoms with Gasteiger partial charge in [0, 0.05) is 6.07 Å². The fraction of sp³-hybridized carbons (Fsp3) is 0.0588. The SMILES string of the molecule is C=CCOc1ccc(C(=O)Oc2cccc(-n3cnnn3)c2)cc1. The second kappa shape index (κ2) is 7.19. The molecule has 120 valence electrons. The van der Waals surface area contributed by atoms with E-state index in [1.54, 1.807) is 54.6 Å². The molecule has 2 aromatic carbocycles. The van der Waals surface area contributed by atoms with Crippen molar-refractivity contribution in [2.24, 2.45) is 0 Å². The molecule has 7 heteroatoms. The Balaban J connectivity index is 1.70. The number of hydrogen-bond donors (Lipinski definition) is 0. The maximum Gasteiger partial charge on any atom is 0.343 e. The molecule has 24 heavy (non-hydrogen) atoms. The molecule has 0 bridgehead atoms. The number of carbonyl (C=O) groups excluding carboxylic acids is 1. The molecule has 0 aliphatic rings. The van der Waals surface area contributed by atoms with Gasteiger partial charge in [0.25, 0.3) is 0 Å². The Bertz CT molecular complexity index is 829. The fourth-order valence-corrected chi connectivity index (χ4v) is 1.98. The molecule has 0 aliphatic carbocycles. The van der Waals surface area contributed by atoms with Crippen molar-refractivity contribution in [1.82, 2.24) is 20.2 Å². The lowest BCUT2D eigenvalue weighted by molar-refractivity contribution is 0.0735. The zero-order chi connectivity index (χ0) is 16.8. The topological polar surface area (TPSA) is 79.1 Å². The predicted octanol–water partition coefficient (Wildman–Crippen LogP) is 2.45. The number of aromatic nitrogens is 4. The van der Waals surface area contributed by atoms with Crippen molar-refractivity contribution >= 4 is 5.97 Å². The Morgan fingerprint density at radius 3 is 2.71 bits per heavy atom. The van der Waals surface area contributed by atoms with Crippen molar-refractivity contribution in [3.05, 3.63) is 73.1 Å². The van der Waals surface area contributed by atoms with E-state index in [9.17, 15) is 4.79 Å². The molecule has 0 radical (unpaired) electrons. The molecule has 0 spiro atoms. The summed E-state index contributed by atoms with van der Waals surface area (Å²) in [6, 6.07) is 13.6. The fourth-order valence-electron chi connectivity index (χ4n) is 1.98. The Morgan fingerprint density at radius 1 is 1.17 bits per heavy atom. The molecule has 3 aromatic rings. The van der Waals surface area contributed by atoms with Gasteiger partial charge in [-0.05, 0) is 46.8 Å². The van der Waals surface area contributed by atoms with Crippen LogP contribution in [0, 0.1) is 0 Å². The molecule has 0 N–H and O–H groups in total. The second-order valence-corrected chi connectivity index (χ2v) is 4.77. The summed E-state index contributed by atoms with van der Waals surface area (Å²) >= 11 is 0. The minimum absolute atomic E-state index is 0.403. The van der Waals surface area contributed by atoms with E-state index in [0.29, 0.717) is 29.4 Å². The third kappa shape index (κ3) is 3.64. The van der Waals surface area contributed by atoms with Gasteiger partial charge >= 0.3 is 5.97 Å². The summed E-state index contributed by atoms with van der Waals surface area (Å²) in [4.78, 5) is 12.2. The lowest BCUT2D eigenvalue weighted by Crippen LogP contribution is -2.08. The maximum atomic E-state index is 12.2. The molecule has 0 fully saturated rings. The van der Waals surface area contributed by atoms with E-state index in [1.165, 1.54) is 11.0 Å². The number of hydrogen-bond acceptors (Lipinski definition) is 6. The summed E-state index contributed by atoms with van der Waals surface area (Å²) < 4.78 is 12.2. The van der Waals surface area contributed by atoms with Gasteiger partial charge in [-0.15, -0.1) is 5.10 Å². The highest BCUT2D eigenvalue weighted by Crippen LogP contribution is 2.18. The van der Waals surface area contributed by atoms with Crippen molar-refractivity contribution in [2.75, 3.05) is 6.61 Å². The standard InChI is InChI=1S/C17H14N4O3/c1-2-10-23-15-8-6-13(7-9-15)17(22)24-16-5-3-4-14(11-16)21-12-18-19-20-21/h2-9,11-12H,1,10H2. The minimum Gasteiger partial charge on any atom is -0.490 e. The van der Waals surface area contributed by atoms with E-state index in [2.05, 4.69) is 22.1 Å². The molecule has 0 amide bonds. The van der Waals surface area contributed by atoms with Crippen LogP contribution in [0.5, 0.6) is 11.5 Å². The molecular weight excluding hydrogens is 308 g/mol. The van der Waals surface area contributed by atoms with Crippen LogP contribution in [-0.4, -0.2) is 32.8 Å². The van der Waals surface area contributed by atoms with Crippen LogP contribution in [0.1, 0.15) is 10.4 Å². The average molecular weight is 322 g/mol. The van der Waals surface area contributed by atoms with Gasteiger partial charge in [-0.3, -0.25) is 0 Å². The summed E-state index contributed by atoms with van der Waals surface area (Å²) in [5, 5.41) is 10.9. The van der Waals surface area contributed by atoms with Crippen LogP contribution < -0.4 is 9.47 Å². The predicted molar refractivity (Wildman–Crippen MR) is 86.2 cm³/mol. The Hall–Kier alpha value is -3.48. The Morgan fingerprint density at radius 2 is 2.00 bits per heavy atom. The third-order valence-corrected chi connectivity index (χ3v) is 3.10. The zero-order valence-electron chi connectivity index (χ0n) is 12.7. The molecule has 0 saturated heterocycles. The minimum atomic E-state index is -0.459. The molecule has 0 saturated carbocycles. The van der Waals surface area contributed by atoms with Crippen molar-refractivity contribution in [1.29, 1.82) is 0 Å². The van der Waals surface area contributed by atoms with Crippen molar-refractivity contribution < 1.29 is 14.3 Å². The lowest BCUT2D eigenvalue weighted by atomic mass is 10.2. The number of tetrazole rings is 1. The first kappa shape index (κ1) is 15.4. The van der Waals surface area contributed by atoms with Crippen LogP contribution in [0.2, 0.25) is 0 Å². The van der Waals surface area contributed by atoms with Gasteiger partial charge in [-0.25, -0.2) is 9.48 Å². The molecule has 1 aromatic heterocycles. The van der Waals surface area contributed by atoms with Gasteiger partial charge in [-0.2, -0.15) is 0 Å². The van der Waals surface area contributed by atoms with Crippen molar-refractivity contribution in [3.63, 3.8) is 0 Å². The zero-order valence-corrected chi connectivity index (χ0v) is 12.7. The molecule has 0 atom stereocenters. The van der Waals surface area contributed by atoms with Crippen LogP contribution in [0.4, 0.5) is 0 Å². The number of carbonyl (C=O) groups is 1. The highest BCUT2D eigenvalue weighted by atomic mass is 16.5. The van der Waals surface area contributed by atoms with Crippen LogP contribution in [0.15, 0.2) is 67.5 Å². The quantitative estimate of drug-likeness (QED) is 0.394. The lowest BCUT2D eigenvalue weighted by Gasteiger charge is -2.07. The summed E-state index contributed by atoms with van der Waals surface area (Å²) in [7, 11) is 0. The van der Waals surface area contributed by atoms with Gasteiger partial charge in [0.05, 0.1) is 11.3 Å². The number of nitrogens with zero attached hydrogens (tertiary/aromatic N) is 4. The monoisotopic (exact) mass is 322 g/mol. The highest BCUT2D eigenvalue weighted by molar-refractivity contribution is 5.91. The Labute approximate surface area is 138 Å². The van der Waals surface area contributed by atoms with E-state index in [0.717, 1.165) is 0 Å². The molecule has 7 nitrogen and oxygen atoms in total. The molecule has 0 aliphatic heterocycles. The molecule has 0 unspecified atom stereocenters. The van der Waals surface area contributed by atoms with Gasteiger partial charge < -0.3 is 9.47 Å². The van der Waals surface area contributed by atoms with Gasteiger partial charge in [0.2, 0.25) is 0 Å². The number of rotatable bonds is 6. The van der Waals surface area contributed by atoms with E-state index in [1.807, 2.05) is 0 Å². The summed E-state index contributed by atoms with van der Waals surface area (Å²) in [6.07, 6.45) is 3.11. The summed E-state index contributed by atoms with van der Waals surface area (Å²) in [5.41, 5.74) is 1.12. The van der Waals surface area contributed by atoms with Crippen LogP contribution in [0.25, 0.3) is 5.69 Å². The second-order valence-electron chi connectivity index (χ2n) is 4.77. The van der Waals surface area contributed by atoms with Gasteiger partial charge in [0.15, 0.2) is 0 Å². The van der Waals surface area contributed by atoms with Crippen molar-refractivity contribution in [2.45, 2.75) is 0 Å².